The third kappa shape index (κ3) is 15.5. The highest BCUT2D eigenvalue weighted by Gasteiger charge is 2.27. The first-order chi connectivity index (χ1) is 28.6. The highest BCUT2D eigenvalue weighted by molar-refractivity contribution is 6.09. The molecule has 0 radical (unpaired) electrons. The number of nitrogens with zero attached hydrogens (tertiary/aromatic N) is 4. The van der Waals surface area contributed by atoms with Crippen molar-refractivity contribution >= 4 is 41.0 Å². The molecule has 4 aromatic carbocycles. The second-order valence-corrected chi connectivity index (χ2v) is 13.8. The molecule has 14 heteroatoms. The van der Waals surface area contributed by atoms with Crippen LogP contribution in [0.1, 0.15) is 27.0 Å². The molecule has 0 saturated heterocycles. The van der Waals surface area contributed by atoms with Crippen molar-refractivity contribution in [2.75, 3.05) is 91.7 Å². The van der Waals surface area contributed by atoms with Crippen LogP contribution in [0.25, 0.3) is 0 Å². The van der Waals surface area contributed by atoms with Gasteiger partial charge in [0.25, 0.3) is 0 Å². The molecule has 0 aliphatic carbocycles. The molecule has 4 aromatic rings. The van der Waals surface area contributed by atoms with Crippen molar-refractivity contribution in [3.05, 3.63) is 138 Å². The maximum atomic E-state index is 14.1. The van der Waals surface area contributed by atoms with E-state index < -0.39 is 23.6 Å². The average molecular weight is 807 g/mol. The minimum absolute atomic E-state index is 0.0520. The lowest BCUT2D eigenvalue weighted by atomic mass is 10.0. The summed E-state index contributed by atoms with van der Waals surface area (Å²) in [4.78, 5) is 85.5. The normalized spacial score (nSPS) is 10.7. The molecule has 3 N–H and O–H groups in total. The summed E-state index contributed by atoms with van der Waals surface area (Å²) in [7, 11) is 2.97. The number of ketones is 1. The second-order valence-electron chi connectivity index (χ2n) is 13.8. The van der Waals surface area contributed by atoms with Crippen LogP contribution >= 0.6 is 0 Å². The molecular weight excluding hydrogens is 753 g/mol. The van der Waals surface area contributed by atoms with Gasteiger partial charge in [0.2, 0.25) is 29.5 Å². The quantitative estimate of drug-likeness (QED) is 0.0957. The van der Waals surface area contributed by atoms with Crippen molar-refractivity contribution in [1.82, 2.24) is 19.6 Å². The van der Waals surface area contributed by atoms with Gasteiger partial charge >= 0.3 is 0 Å². The molecule has 0 spiro atoms. The molecular formula is C45H54N6O8. The summed E-state index contributed by atoms with van der Waals surface area (Å²) < 4.78 is 10.5. The molecule has 5 amide bonds. The van der Waals surface area contributed by atoms with Crippen LogP contribution < -0.4 is 11.1 Å². The standard InChI is InChI=1S/C45H54N6O8/c1-58-28-26-50(41(53)30-47-39-20-18-38(19-21-39)45(57)37-16-10-5-11-17-37)33-43(55)49(25-23-36-14-8-4-9-15-36)32-44(56)51(27-29-59-2)34-42(54)48(31-40(46)52)24-22-35-12-6-3-7-13-35/h3-21,47H,22-34H2,1-2H3,(H2,46,52). The minimum Gasteiger partial charge on any atom is -0.383 e. The molecule has 0 unspecified atom stereocenters. The number of methoxy groups -OCH3 is 2. The number of ether oxygens (including phenoxy) is 2. The topological polar surface area (TPSA) is 172 Å². The van der Waals surface area contributed by atoms with E-state index in [1.807, 2.05) is 66.7 Å². The lowest BCUT2D eigenvalue weighted by Gasteiger charge is -2.31. The monoisotopic (exact) mass is 806 g/mol. The van der Waals surface area contributed by atoms with Crippen LogP contribution in [0.4, 0.5) is 5.69 Å². The van der Waals surface area contributed by atoms with E-state index >= 15 is 0 Å². The molecule has 0 aliphatic rings. The Balaban J connectivity index is 1.46. The first-order valence-electron chi connectivity index (χ1n) is 19.5. The van der Waals surface area contributed by atoms with Gasteiger partial charge < -0.3 is 40.1 Å². The highest BCUT2D eigenvalue weighted by atomic mass is 16.5. The largest absolute Gasteiger partial charge is 0.383 e. The van der Waals surface area contributed by atoms with Crippen LogP contribution in [0, 0.1) is 0 Å². The number of amides is 5. The van der Waals surface area contributed by atoms with Crippen LogP contribution in [0.2, 0.25) is 0 Å². The van der Waals surface area contributed by atoms with Crippen molar-refractivity contribution in [2.45, 2.75) is 12.8 Å². The Labute approximate surface area is 345 Å². The van der Waals surface area contributed by atoms with E-state index in [-0.39, 0.29) is 83.8 Å². The van der Waals surface area contributed by atoms with Gasteiger partial charge in [0.1, 0.15) is 0 Å². The molecule has 0 atom stereocenters. The zero-order valence-corrected chi connectivity index (χ0v) is 33.8. The Hall–Kier alpha value is -6.38. The van der Waals surface area contributed by atoms with E-state index in [0.717, 1.165) is 11.1 Å². The molecule has 312 valence electrons. The predicted octanol–water partition coefficient (Wildman–Crippen LogP) is 2.91. The maximum Gasteiger partial charge on any atom is 0.242 e. The SMILES string of the molecule is COCCN(CC(=O)N(CCc1ccccc1)CC(=O)N(CCOC)CC(=O)N(CCc1ccccc1)CC(N)=O)C(=O)CNc1ccc(C(=O)c2ccccc2)cc1. The second kappa shape index (κ2) is 24.4. The molecule has 0 saturated carbocycles. The van der Waals surface area contributed by atoms with Gasteiger partial charge in [0.05, 0.1) is 45.9 Å². The lowest BCUT2D eigenvalue weighted by Crippen LogP contribution is -2.52. The third-order valence-corrected chi connectivity index (χ3v) is 9.52. The minimum atomic E-state index is -0.685. The van der Waals surface area contributed by atoms with E-state index in [1.54, 1.807) is 48.5 Å². The van der Waals surface area contributed by atoms with Gasteiger partial charge in [-0.2, -0.15) is 0 Å². The van der Waals surface area contributed by atoms with E-state index in [9.17, 15) is 28.8 Å². The summed E-state index contributed by atoms with van der Waals surface area (Å²) in [5, 5.41) is 3.07. The van der Waals surface area contributed by atoms with Crippen molar-refractivity contribution in [2.24, 2.45) is 5.73 Å². The highest BCUT2D eigenvalue weighted by Crippen LogP contribution is 2.14. The van der Waals surface area contributed by atoms with Gasteiger partial charge in [-0.05, 0) is 48.2 Å². The number of benzene rings is 4. The van der Waals surface area contributed by atoms with E-state index in [0.29, 0.717) is 29.7 Å². The van der Waals surface area contributed by atoms with E-state index in [4.69, 9.17) is 15.2 Å². The number of nitrogens with one attached hydrogen (secondary N) is 1. The number of hydrogen-bond acceptors (Lipinski definition) is 9. The van der Waals surface area contributed by atoms with Crippen molar-refractivity contribution < 1.29 is 38.2 Å². The Morgan fingerprint density at radius 3 is 1.32 bits per heavy atom. The summed E-state index contributed by atoms with van der Waals surface area (Å²) in [6.45, 7) is -0.728. The van der Waals surface area contributed by atoms with Gasteiger partial charge in [-0.15, -0.1) is 0 Å². The zero-order chi connectivity index (χ0) is 42.4. The molecule has 4 rings (SSSR count). The van der Waals surface area contributed by atoms with Gasteiger partial charge in [0, 0.05) is 57.2 Å². The fourth-order valence-corrected chi connectivity index (χ4v) is 6.15. The van der Waals surface area contributed by atoms with Crippen LogP contribution in [0.3, 0.4) is 0 Å². The van der Waals surface area contributed by atoms with Crippen molar-refractivity contribution in [3.8, 4) is 0 Å². The molecule has 0 aliphatic heterocycles. The van der Waals surface area contributed by atoms with Crippen LogP contribution in [-0.4, -0.2) is 141 Å². The summed E-state index contributed by atoms with van der Waals surface area (Å²) in [6, 6.07) is 34.7. The van der Waals surface area contributed by atoms with Gasteiger partial charge in [0.15, 0.2) is 5.78 Å². The van der Waals surface area contributed by atoms with Gasteiger partial charge in [-0.3, -0.25) is 28.8 Å². The molecule has 59 heavy (non-hydrogen) atoms. The summed E-state index contributed by atoms with van der Waals surface area (Å²) >= 11 is 0. The smallest absolute Gasteiger partial charge is 0.242 e. The lowest BCUT2D eigenvalue weighted by molar-refractivity contribution is -0.146. The fourth-order valence-electron chi connectivity index (χ4n) is 6.15. The number of hydrogen-bond donors (Lipinski definition) is 2. The number of carbonyl (C=O) groups is 6. The molecule has 0 aromatic heterocycles. The first-order valence-corrected chi connectivity index (χ1v) is 19.5. The maximum absolute atomic E-state index is 14.1. The summed E-state index contributed by atoms with van der Waals surface area (Å²) in [6.07, 6.45) is 0.905. The predicted molar refractivity (Wildman–Crippen MR) is 224 cm³/mol. The number of nitrogens with two attached hydrogens (primary N) is 1. The van der Waals surface area contributed by atoms with Crippen LogP contribution in [0.5, 0.6) is 0 Å². The van der Waals surface area contributed by atoms with Gasteiger partial charge in [-0.1, -0.05) is 91.0 Å². The third-order valence-electron chi connectivity index (χ3n) is 9.52. The fraction of sp³-hybridized carbons (Fsp3) is 0.333. The molecule has 0 fully saturated rings. The Morgan fingerprint density at radius 2 is 0.881 bits per heavy atom. The number of carbonyl (C=O) groups excluding carboxylic acids is 6. The van der Waals surface area contributed by atoms with Gasteiger partial charge in [-0.25, -0.2) is 0 Å². The summed E-state index contributed by atoms with van der Waals surface area (Å²) in [5.41, 5.74) is 9.08. The Bertz CT molecular complexity index is 1950. The zero-order valence-electron chi connectivity index (χ0n) is 33.8. The Morgan fingerprint density at radius 1 is 0.492 bits per heavy atom. The number of rotatable bonds is 25. The van der Waals surface area contributed by atoms with Crippen molar-refractivity contribution in [1.29, 1.82) is 0 Å². The average Bonchev–Trinajstić information content (AvgIpc) is 3.26. The molecule has 14 nitrogen and oxygen atoms in total. The molecule has 0 bridgehead atoms. The molecule has 0 heterocycles. The van der Waals surface area contributed by atoms with E-state index in [1.165, 1.54) is 33.8 Å². The number of anilines is 1. The van der Waals surface area contributed by atoms with Crippen LogP contribution in [0.15, 0.2) is 115 Å². The number of primary amides is 1. The first kappa shape index (κ1) is 45.3. The summed E-state index contributed by atoms with van der Waals surface area (Å²) in [5.74, 6) is -2.65. The van der Waals surface area contributed by atoms with E-state index in [2.05, 4.69) is 5.32 Å². The van der Waals surface area contributed by atoms with Crippen LogP contribution in [-0.2, 0) is 46.3 Å². The Kier molecular flexibility index (Phi) is 18.7. The van der Waals surface area contributed by atoms with Crippen molar-refractivity contribution in [3.63, 3.8) is 0 Å².